The SMILES string of the molecule is Fc1cccc(/C=C(\Cl)c2nnc(-c3ccccc3Br)o2)c1. The van der Waals surface area contributed by atoms with E-state index in [9.17, 15) is 4.39 Å². The predicted molar refractivity (Wildman–Crippen MR) is 87.6 cm³/mol. The molecule has 0 saturated heterocycles. The van der Waals surface area contributed by atoms with Crippen LogP contribution in [0.4, 0.5) is 4.39 Å². The summed E-state index contributed by atoms with van der Waals surface area (Å²) in [6.07, 6.45) is 1.57. The van der Waals surface area contributed by atoms with Gasteiger partial charge in [-0.05, 0) is 51.8 Å². The summed E-state index contributed by atoms with van der Waals surface area (Å²) in [5.74, 6) is 0.197. The van der Waals surface area contributed by atoms with Crippen molar-refractivity contribution in [1.29, 1.82) is 0 Å². The molecule has 0 amide bonds. The highest BCUT2D eigenvalue weighted by atomic mass is 79.9. The van der Waals surface area contributed by atoms with Gasteiger partial charge in [0, 0.05) is 4.47 Å². The Morgan fingerprint density at radius 2 is 1.95 bits per heavy atom. The first kappa shape index (κ1) is 14.9. The average Bonchev–Trinajstić information content (AvgIpc) is 2.97. The van der Waals surface area contributed by atoms with Crippen LogP contribution in [0.15, 0.2) is 57.4 Å². The van der Waals surface area contributed by atoms with Gasteiger partial charge in [0.25, 0.3) is 5.89 Å². The molecule has 6 heteroatoms. The van der Waals surface area contributed by atoms with Gasteiger partial charge in [-0.3, -0.25) is 0 Å². The Morgan fingerprint density at radius 1 is 1.14 bits per heavy atom. The Bertz CT molecular complexity index is 847. The maximum absolute atomic E-state index is 13.2. The number of benzene rings is 2. The predicted octanol–water partition coefficient (Wildman–Crippen LogP) is 5.38. The largest absolute Gasteiger partial charge is 0.415 e. The second-order valence-corrected chi connectivity index (χ2v) is 5.70. The Balaban J connectivity index is 1.92. The highest BCUT2D eigenvalue weighted by molar-refractivity contribution is 9.10. The van der Waals surface area contributed by atoms with Crippen molar-refractivity contribution in [3.05, 3.63) is 70.3 Å². The van der Waals surface area contributed by atoms with Gasteiger partial charge in [0.05, 0.1) is 5.56 Å². The molecule has 0 spiro atoms. The van der Waals surface area contributed by atoms with E-state index in [0.717, 1.165) is 10.0 Å². The molecule has 1 aromatic heterocycles. The molecule has 22 heavy (non-hydrogen) atoms. The zero-order chi connectivity index (χ0) is 15.5. The third-order valence-electron chi connectivity index (χ3n) is 2.88. The van der Waals surface area contributed by atoms with E-state index in [1.165, 1.54) is 12.1 Å². The van der Waals surface area contributed by atoms with Crippen LogP contribution >= 0.6 is 27.5 Å². The van der Waals surface area contributed by atoms with Crippen LogP contribution in [0.3, 0.4) is 0 Å². The summed E-state index contributed by atoms with van der Waals surface area (Å²) in [4.78, 5) is 0. The van der Waals surface area contributed by atoms with Crippen molar-refractivity contribution in [1.82, 2.24) is 10.2 Å². The summed E-state index contributed by atoms with van der Waals surface area (Å²) in [5.41, 5.74) is 1.39. The minimum Gasteiger partial charge on any atom is -0.415 e. The molecule has 0 aliphatic heterocycles. The van der Waals surface area contributed by atoms with Crippen molar-refractivity contribution in [2.24, 2.45) is 0 Å². The van der Waals surface area contributed by atoms with Crippen molar-refractivity contribution < 1.29 is 8.81 Å². The highest BCUT2D eigenvalue weighted by Crippen LogP contribution is 2.29. The Hall–Kier alpha value is -1.98. The number of aromatic nitrogens is 2. The molecule has 0 N–H and O–H groups in total. The molecule has 0 unspecified atom stereocenters. The van der Waals surface area contributed by atoms with Crippen molar-refractivity contribution in [3.8, 4) is 11.5 Å². The van der Waals surface area contributed by atoms with Crippen LogP contribution in [-0.4, -0.2) is 10.2 Å². The Labute approximate surface area is 139 Å². The second kappa shape index (κ2) is 6.42. The maximum Gasteiger partial charge on any atom is 0.259 e. The maximum atomic E-state index is 13.2. The number of hydrogen-bond acceptors (Lipinski definition) is 3. The number of halogens is 3. The summed E-state index contributed by atoms with van der Waals surface area (Å²) >= 11 is 9.59. The van der Waals surface area contributed by atoms with Gasteiger partial charge in [-0.15, -0.1) is 10.2 Å². The Kier molecular flexibility index (Phi) is 4.36. The van der Waals surface area contributed by atoms with Crippen molar-refractivity contribution in [2.75, 3.05) is 0 Å². The summed E-state index contributed by atoms with van der Waals surface area (Å²) in [5, 5.41) is 8.15. The minimum atomic E-state index is -0.336. The van der Waals surface area contributed by atoms with E-state index in [1.54, 1.807) is 18.2 Å². The number of rotatable bonds is 3. The lowest BCUT2D eigenvalue weighted by Gasteiger charge is -1.97. The van der Waals surface area contributed by atoms with Gasteiger partial charge in [0.2, 0.25) is 5.89 Å². The molecule has 3 rings (SSSR count). The van der Waals surface area contributed by atoms with Gasteiger partial charge in [0.15, 0.2) is 0 Å². The lowest BCUT2D eigenvalue weighted by Crippen LogP contribution is -1.80. The molecule has 3 nitrogen and oxygen atoms in total. The molecule has 0 radical (unpaired) electrons. The van der Waals surface area contributed by atoms with E-state index < -0.39 is 0 Å². The van der Waals surface area contributed by atoms with Crippen molar-refractivity contribution >= 4 is 38.6 Å². The molecule has 0 aliphatic carbocycles. The number of hydrogen-bond donors (Lipinski definition) is 0. The van der Waals surface area contributed by atoms with Crippen molar-refractivity contribution in [2.45, 2.75) is 0 Å². The molecule has 0 fully saturated rings. The molecular weight excluding hydrogens is 371 g/mol. The van der Waals surface area contributed by atoms with Gasteiger partial charge in [-0.25, -0.2) is 4.39 Å². The zero-order valence-corrected chi connectivity index (χ0v) is 13.5. The molecular formula is C16H9BrClFN2O. The summed E-state index contributed by atoms with van der Waals surface area (Å²) in [6.45, 7) is 0. The fraction of sp³-hybridized carbons (Fsp3) is 0. The van der Waals surface area contributed by atoms with Gasteiger partial charge >= 0.3 is 0 Å². The first-order chi connectivity index (χ1) is 10.6. The second-order valence-electron chi connectivity index (χ2n) is 4.44. The van der Waals surface area contributed by atoms with Crippen LogP contribution in [0.1, 0.15) is 11.5 Å². The third-order valence-corrected chi connectivity index (χ3v) is 3.84. The highest BCUT2D eigenvalue weighted by Gasteiger charge is 2.13. The van der Waals surface area contributed by atoms with Crippen molar-refractivity contribution in [3.63, 3.8) is 0 Å². The van der Waals surface area contributed by atoms with E-state index >= 15 is 0 Å². The molecule has 110 valence electrons. The summed E-state index contributed by atoms with van der Waals surface area (Å²) < 4.78 is 19.6. The number of nitrogens with zero attached hydrogens (tertiary/aromatic N) is 2. The van der Waals surface area contributed by atoms with Crippen LogP contribution in [0.5, 0.6) is 0 Å². The van der Waals surface area contributed by atoms with Gasteiger partial charge in [-0.1, -0.05) is 35.9 Å². The smallest absolute Gasteiger partial charge is 0.259 e. The molecule has 0 bridgehead atoms. The molecule has 1 heterocycles. The van der Waals surface area contributed by atoms with E-state index in [2.05, 4.69) is 26.1 Å². The fourth-order valence-electron chi connectivity index (χ4n) is 1.87. The van der Waals surface area contributed by atoms with Crippen LogP contribution in [0, 0.1) is 5.82 Å². The molecule has 0 atom stereocenters. The minimum absolute atomic E-state index is 0.177. The molecule has 0 aliphatic rings. The molecule has 3 aromatic rings. The standard InChI is InChI=1S/C16H9BrClFN2O/c17-13-7-2-1-6-12(13)15-20-21-16(22-15)14(18)9-10-4-3-5-11(19)8-10/h1-9H/b14-9-. The van der Waals surface area contributed by atoms with E-state index in [1.807, 2.05) is 24.3 Å². The lowest BCUT2D eigenvalue weighted by molar-refractivity contribution is 0.556. The van der Waals surface area contributed by atoms with Gasteiger partial charge in [0.1, 0.15) is 10.8 Å². The van der Waals surface area contributed by atoms with Gasteiger partial charge < -0.3 is 4.42 Å². The van der Waals surface area contributed by atoms with E-state index in [-0.39, 0.29) is 16.7 Å². The first-order valence-corrected chi connectivity index (χ1v) is 7.52. The summed E-state index contributed by atoms with van der Waals surface area (Å²) in [7, 11) is 0. The van der Waals surface area contributed by atoms with E-state index in [4.69, 9.17) is 16.0 Å². The average molecular weight is 380 g/mol. The quantitative estimate of drug-likeness (QED) is 0.613. The van der Waals surface area contributed by atoms with Gasteiger partial charge in [-0.2, -0.15) is 0 Å². The van der Waals surface area contributed by atoms with Crippen LogP contribution in [-0.2, 0) is 0 Å². The normalized spacial score (nSPS) is 11.7. The zero-order valence-electron chi connectivity index (χ0n) is 11.1. The van der Waals surface area contributed by atoms with Crippen LogP contribution in [0.25, 0.3) is 22.6 Å². The molecule has 0 saturated carbocycles. The summed E-state index contributed by atoms with van der Waals surface area (Å²) in [6, 6.07) is 13.6. The Morgan fingerprint density at radius 3 is 2.73 bits per heavy atom. The molecule has 2 aromatic carbocycles. The van der Waals surface area contributed by atoms with Crippen LogP contribution < -0.4 is 0 Å². The third kappa shape index (κ3) is 3.26. The van der Waals surface area contributed by atoms with Crippen LogP contribution in [0.2, 0.25) is 0 Å². The monoisotopic (exact) mass is 378 g/mol. The van der Waals surface area contributed by atoms with E-state index in [0.29, 0.717) is 11.5 Å². The fourth-order valence-corrected chi connectivity index (χ4v) is 2.52. The lowest BCUT2D eigenvalue weighted by atomic mass is 10.2. The topological polar surface area (TPSA) is 38.9 Å². The first-order valence-electron chi connectivity index (χ1n) is 6.35.